The summed E-state index contributed by atoms with van der Waals surface area (Å²) in [6, 6.07) is 9.05. The topological polar surface area (TPSA) is 58.6 Å². The Bertz CT molecular complexity index is 528. The van der Waals surface area contributed by atoms with E-state index in [1.165, 1.54) is 4.90 Å². The minimum atomic E-state index is -0.453. The number of carbonyl (C=O) groups excluding carboxylic acids is 2. The zero-order chi connectivity index (χ0) is 17.1. The van der Waals surface area contributed by atoms with Crippen LogP contribution in [0.5, 0.6) is 0 Å². The predicted molar refractivity (Wildman–Crippen MR) is 90.9 cm³/mol. The highest BCUT2D eigenvalue weighted by Crippen LogP contribution is 2.14. The van der Waals surface area contributed by atoms with E-state index in [2.05, 4.69) is 18.5 Å². The number of benzene rings is 1. The van der Waals surface area contributed by atoms with Crippen LogP contribution in [0, 0.1) is 0 Å². The van der Waals surface area contributed by atoms with E-state index in [0.717, 1.165) is 5.56 Å². The van der Waals surface area contributed by atoms with Crippen molar-refractivity contribution in [2.24, 2.45) is 0 Å². The molecule has 0 bridgehead atoms. The minimum absolute atomic E-state index is 0.0736. The van der Waals surface area contributed by atoms with E-state index in [-0.39, 0.29) is 18.6 Å². The van der Waals surface area contributed by atoms with Crippen LogP contribution in [0.25, 0.3) is 0 Å². The predicted octanol–water partition coefficient (Wildman–Crippen LogP) is 3.06. The summed E-state index contributed by atoms with van der Waals surface area (Å²) in [5, 5.41) is 2.89. The maximum Gasteiger partial charge on any atom is 0.409 e. The Labute approximate surface area is 137 Å². The lowest BCUT2D eigenvalue weighted by Gasteiger charge is -2.21. The van der Waals surface area contributed by atoms with Gasteiger partial charge in [-0.2, -0.15) is 0 Å². The second-order valence-electron chi connectivity index (χ2n) is 5.10. The normalized spacial score (nSPS) is 11.2. The molecule has 1 aromatic carbocycles. The third kappa shape index (κ3) is 6.82. The van der Waals surface area contributed by atoms with Crippen molar-refractivity contribution in [1.82, 2.24) is 10.2 Å². The number of allylic oxidation sites excluding steroid dienone is 1. The Balaban J connectivity index is 2.68. The Morgan fingerprint density at radius 3 is 2.57 bits per heavy atom. The van der Waals surface area contributed by atoms with Crippen molar-refractivity contribution < 1.29 is 14.3 Å². The van der Waals surface area contributed by atoms with Gasteiger partial charge in [-0.05, 0) is 12.0 Å². The second-order valence-corrected chi connectivity index (χ2v) is 5.10. The fraction of sp³-hybridized carbons (Fsp3) is 0.333. The molecule has 0 aliphatic heterocycles. The average Bonchev–Trinajstić information content (AvgIpc) is 2.57. The maximum atomic E-state index is 11.9. The molecule has 0 aliphatic rings. The van der Waals surface area contributed by atoms with Gasteiger partial charge in [-0.15, -0.1) is 13.2 Å². The molecule has 0 aromatic heterocycles. The number of nitrogens with one attached hydrogen (secondary N) is 1. The Morgan fingerprint density at radius 2 is 1.96 bits per heavy atom. The molecule has 1 N–H and O–H groups in total. The summed E-state index contributed by atoms with van der Waals surface area (Å²) in [6.45, 7) is 7.66. The molecule has 0 aliphatic carbocycles. The van der Waals surface area contributed by atoms with E-state index in [1.807, 2.05) is 30.3 Å². The summed E-state index contributed by atoms with van der Waals surface area (Å²) in [5.74, 6) is -0.103. The number of carbonyl (C=O) groups is 2. The quantitative estimate of drug-likeness (QED) is 0.712. The molecular formula is C18H24N2O3. The van der Waals surface area contributed by atoms with Gasteiger partial charge in [0.25, 0.3) is 0 Å². The number of hydrogen-bond donors (Lipinski definition) is 1. The van der Waals surface area contributed by atoms with Crippen molar-refractivity contribution in [3.63, 3.8) is 0 Å². The summed E-state index contributed by atoms with van der Waals surface area (Å²) >= 11 is 0. The fourth-order valence-electron chi connectivity index (χ4n) is 1.94. The number of likely N-dealkylation sites (N-methyl/N-ethyl adjacent to an activating group) is 1. The van der Waals surface area contributed by atoms with Crippen LogP contribution in [0.1, 0.15) is 24.4 Å². The number of hydrogen-bond acceptors (Lipinski definition) is 3. The van der Waals surface area contributed by atoms with Gasteiger partial charge in [-0.1, -0.05) is 42.5 Å². The smallest absolute Gasteiger partial charge is 0.409 e. The maximum absolute atomic E-state index is 11.9. The van der Waals surface area contributed by atoms with Gasteiger partial charge in [0.2, 0.25) is 5.91 Å². The van der Waals surface area contributed by atoms with E-state index in [4.69, 9.17) is 4.74 Å². The van der Waals surface area contributed by atoms with Crippen molar-refractivity contribution >= 4 is 12.0 Å². The van der Waals surface area contributed by atoms with Gasteiger partial charge in [0, 0.05) is 20.0 Å². The van der Waals surface area contributed by atoms with Gasteiger partial charge in [-0.25, -0.2) is 4.79 Å². The van der Waals surface area contributed by atoms with Crippen LogP contribution >= 0.6 is 0 Å². The van der Waals surface area contributed by atoms with Crippen molar-refractivity contribution in [3.8, 4) is 0 Å². The first-order valence-corrected chi connectivity index (χ1v) is 7.52. The molecule has 1 aromatic rings. The van der Waals surface area contributed by atoms with Gasteiger partial charge in [0.15, 0.2) is 0 Å². The van der Waals surface area contributed by atoms with E-state index in [9.17, 15) is 9.59 Å². The molecular weight excluding hydrogens is 292 g/mol. The van der Waals surface area contributed by atoms with E-state index in [1.54, 1.807) is 19.2 Å². The first kappa shape index (κ1) is 18.5. The number of rotatable bonds is 9. The van der Waals surface area contributed by atoms with E-state index < -0.39 is 6.09 Å². The average molecular weight is 316 g/mol. The SMILES string of the molecule is C=CCCC(=O)NC(COC(=O)N(C)CC=C)c1ccccc1. The van der Waals surface area contributed by atoms with Gasteiger partial charge >= 0.3 is 6.09 Å². The molecule has 0 saturated carbocycles. The highest BCUT2D eigenvalue weighted by molar-refractivity contribution is 5.76. The van der Waals surface area contributed by atoms with E-state index in [0.29, 0.717) is 19.4 Å². The lowest BCUT2D eigenvalue weighted by Crippen LogP contribution is -2.34. The Kier molecular flexibility index (Phi) is 8.21. The molecule has 5 heteroatoms. The molecule has 0 spiro atoms. The molecule has 0 fully saturated rings. The van der Waals surface area contributed by atoms with Gasteiger partial charge in [0.05, 0.1) is 6.04 Å². The van der Waals surface area contributed by atoms with Gasteiger partial charge in [0.1, 0.15) is 6.61 Å². The van der Waals surface area contributed by atoms with Crippen LogP contribution in [0.3, 0.4) is 0 Å². The molecule has 0 heterocycles. The van der Waals surface area contributed by atoms with Crippen LogP contribution in [0.4, 0.5) is 4.79 Å². The van der Waals surface area contributed by atoms with Crippen LogP contribution in [-0.4, -0.2) is 37.1 Å². The van der Waals surface area contributed by atoms with Crippen molar-refractivity contribution in [2.45, 2.75) is 18.9 Å². The summed E-state index contributed by atoms with van der Waals surface area (Å²) < 4.78 is 5.28. The van der Waals surface area contributed by atoms with Crippen molar-refractivity contribution in [2.75, 3.05) is 20.2 Å². The first-order valence-electron chi connectivity index (χ1n) is 7.52. The highest BCUT2D eigenvalue weighted by atomic mass is 16.6. The largest absolute Gasteiger partial charge is 0.447 e. The van der Waals surface area contributed by atoms with Crippen LogP contribution in [-0.2, 0) is 9.53 Å². The van der Waals surface area contributed by atoms with Gasteiger partial charge < -0.3 is 15.0 Å². The summed E-state index contributed by atoms with van der Waals surface area (Å²) in [6.07, 6.45) is 3.83. The molecule has 0 radical (unpaired) electrons. The van der Waals surface area contributed by atoms with Gasteiger partial charge in [-0.3, -0.25) is 4.79 Å². The standard InChI is InChI=1S/C18H24N2O3/c1-4-6-12-17(21)19-16(15-10-8-7-9-11-15)14-23-18(22)20(3)13-5-2/h4-5,7-11,16H,1-2,6,12-14H2,3H3,(H,19,21). The molecule has 1 atom stereocenters. The zero-order valence-corrected chi connectivity index (χ0v) is 13.5. The molecule has 1 rings (SSSR count). The van der Waals surface area contributed by atoms with Crippen molar-refractivity contribution in [1.29, 1.82) is 0 Å². The molecule has 0 saturated heterocycles. The van der Waals surface area contributed by atoms with Crippen molar-refractivity contribution in [3.05, 3.63) is 61.2 Å². The fourth-order valence-corrected chi connectivity index (χ4v) is 1.94. The summed E-state index contributed by atoms with van der Waals surface area (Å²) in [4.78, 5) is 25.2. The first-order chi connectivity index (χ1) is 11.1. The third-order valence-corrected chi connectivity index (χ3v) is 3.20. The molecule has 2 amide bonds. The molecule has 23 heavy (non-hydrogen) atoms. The lowest BCUT2D eigenvalue weighted by molar-refractivity contribution is -0.122. The monoisotopic (exact) mass is 316 g/mol. The summed E-state index contributed by atoms with van der Waals surface area (Å²) in [7, 11) is 1.63. The summed E-state index contributed by atoms with van der Waals surface area (Å²) in [5.41, 5.74) is 0.888. The second kappa shape index (κ2) is 10.2. The molecule has 5 nitrogen and oxygen atoms in total. The molecule has 124 valence electrons. The zero-order valence-electron chi connectivity index (χ0n) is 13.5. The van der Waals surface area contributed by atoms with E-state index >= 15 is 0 Å². The number of amides is 2. The Morgan fingerprint density at radius 1 is 1.26 bits per heavy atom. The number of nitrogens with zero attached hydrogens (tertiary/aromatic N) is 1. The minimum Gasteiger partial charge on any atom is -0.447 e. The highest BCUT2D eigenvalue weighted by Gasteiger charge is 2.17. The lowest BCUT2D eigenvalue weighted by atomic mass is 10.1. The Hall–Kier alpha value is -2.56. The molecule has 1 unspecified atom stereocenters. The van der Waals surface area contributed by atoms with Crippen LogP contribution < -0.4 is 5.32 Å². The van der Waals surface area contributed by atoms with Crippen LogP contribution in [0.15, 0.2) is 55.6 Å². The number of ether oxygens (including phenoxy) is 1. The van der Waals surface area contributed by atoms with Crippen LogP contribution in [0.2, 0.25) is 0 Å². The third-order valence-electron chi connectivity index (χ3n) is 3.20.